The molecule has 32 heavy (non-hydrogen) atoms. The van der Waals surface area contributed by atoms with Crippen LogP contribution in [0.3, 0.4) is 0 Å². The van der Waals surface area contributed by atoms with Crippen molar-refractivity contribution < 1.29 is 13.6 Å². The van der Waals surface area contributed by atoms with Gasteiger partial charge in [-0.25, -0.2) is 9.19 Å². The molecule has 2 aromatic rings. The van der Waals surface area contributed by atoms with E-state index in [-0.39, 0.29) is 17.9 Å². The minimum Gasteiger partial charge on any atom is -0.346 e. The van der Waals surface area contributed by atoms with Gasteiger partial charge in [-0.15, -0.1) is 11.3 Å². The Balaban J connectivity index is 1.74. The van der Waals surface area contributed by atoms with E-state index in [1.165, 1.54) is 11.1 Å². The molecule has 1 aliphatic carbocycles. The standard InChI is InChI=1S/C24H31N3O3S2/c1-16-6-5-7-18(12-16)13-20-15-31-22(25-20)21(26-23(28)24(2,3)4)14-17-8-10-19(11-9-17)27-32(29)30/h5-8,10-12,15,17,21,27H,9,13-14H2,1-4H3,(H,26,28)(H,29,30)/t17?,21-/m0/s1. The van der Waals surface area contributed by atoms with Crippen LogP contribution in [0.2, 0.25) is 0 Å². The molecule has 1 amide bonds. The molecule has 0 radical (unpaired) electrons. The van der Waals surface area contributed by atoms with E-state index in [9.17, 15) is 9.00 Å². The summed E-state index contributed by atoms with van der Waals surface area (Å²) in [7, 11) is 0. The minimum absolute atomic E-state index is 0.00806. The van der Waals surface area contributed by atoms with Gasteiger partial charge in [-0.2, -0.15) is 0 Å². The number of aromatic nitrogens is 1. The number of amides is 1. The molecule has 1 aliphatic rings. The van der Waals surface area contributed by atoms with Crippen molar-refractivity contribution in [1.29, 1.82) is 0 Å². The average molecular weight is 474 g/mol. The molecular formula is C24H31N3O3S2. The number of allylic oxidation sites excluding steroid dienone is 3. The Morgan fingerprint density at radius 1 is 1.38 bits per heavy atom. The van der Waals surface area contributed by atoms with Gasteiger partial charge in [-0.05, 0) is 37.3 Å². The number of carbonyl (C=O) groups excluding carboxylic acids is 1. The van der Waals surface area contributed by atoms with Crippen molar-refractivity contribution in [1.82, 2.24) is 15.0 Å². The van der Waals surface area contributed by atoms with Crippen molar-refractivity contribution in [3.63, 3.8) is 0 Å². The van der Waals surface area contributed by atoms with Gasteiger partial charge < -0.3 is 5.32 Å². The van der Waals surface area contributed by atoms with Crippen LogP contribution in [-0.4, -0.2) is 19.7 Å². The van der Waals surface area contributed by atoms with Crippen LogP contribution in [0.25, 0.3) is 0 Å². The second-order valence-electron chi connectivity index (χ2n) is 9.22. The van der Waals surface area contributed by atoms with Crippen molar-refractivity contribution in [3.05, 3.63) is 75.4 Å². The van der Waals surface area contributed by atoms with E-state index < -0.39 is 16.7 Å². The predicted octanol–water partition coefficient (Wildman–Crippen LogP) is 4.82. The van der Waals surface area contributed by atoms with E-state index in [4.69, 9.17) is 9.54 Å². The fourth-order valence-electron chi connectivity index (χ4n) is 3.51. The van der Waals surface area contributed by atoms with Crippen molar-refractivity contribution in [2.75, 3.05) is 0 Å². The van der Waals surface area contributed by atoms with E-state index in [1.54, 1.807) is 11.3 Å². The molecule has 1 aromatic carbocycles. The van der Waals surface area contributed by atoms with Crippen molar-refractivity contribution >= 4 is 28.5 Å². The summed E-state index contributed by atoms with van der Waals surface area (Å²) < 4.78 is 22.4. The Kier molecular flexibility index (Phi) is 8.03. The highest BCUT2D eigenvalue weighted by Crippen LogP contribution is 2.31. The zero-order valence-corrected chi connectivity index (χ0v) is 20.6. The van der Waals surface area contributed by atoms with Gasteiger partial charge in [0.15, 0.2) is 0 Å². The third-order valence-electron chi connectivity index (χ3n) is 5.25. The third kappa shape index (κ3) is 7.12. The normalized spacial score (nSPS) is 18.0. The Morgan fingerprint density at radius 2 is 2.16 bits per heavy atom. The van der Waals surface area contributed by atoms with Crippen LogP contribution in [0.4, 0.5) is 0 Å². The van der Waals surface area contributed by atoms with E-state index in [0.29, 0.717) is 12.1 Å². The highest BCUT2D eigenvalue weighted by molar-refractivity contribution is 7.77. The Bertz CT molecular complexity index is 1040. The molecule has 0 fully saturated rings. The summed E-state index contributed by atoms with van der Waals surface area (Å²) in [5, 5.41) is 6.18. The van der Waals surface area contributed by atoms with Gasteiger partial charge in [0.05, 0.1) is 11.7 Å². The topological polar surface area (TPSA) is 91.3 Å². The van der Waals surface area contributed by atoms with Crippen molar-refractivity contribution in [2.45, 2.75) is 53.0 Å². The van der Waals surface area contributed by atoms with Crippen LogP contribution < -0.4 is 10.0 Å². The Hall–Kier alpha value is -2.29. The van der Waals surface area contributed by atoms with Crippen molar-refractivity contribution in [2.24, 2.45) is 11.3 Å². The third-order valence-corrected chi connectivity index (χ3v) is 6.67. The second kappa shape index (κ2) is 10.6. The predicted molar refractivity (Wildman–Crippen MR) is 130 cm³/mol. The molecular weight excluding hydrogens is 442 g/mol. The first-order valence-electron chi connectivity index (χ1n) is 10.7. The van der Waals surface area contributed by atoms with Gasteiger partial charge >= 0.3 is 0 Å². The highest BCUT2D eigenvalue weighted by atomic mass is 32.2. The van der Waals surface area contributed by atoms with Crippen LogP contribution in [0.1, 0.15) is 61.5 Å². The molecule has 0 saturated carbocycles. The quantitative estimate of drug-likeness (QED) is 0.479. The summed E-state index contributed by atoms with van der Waals surface area (Å²) in [6, 6.07) is 8.22. The van der Waals surface area contributed by atoms with Gasteiger partial charge in [0.2, 0.25) is 5.91 Å². The number of rotatable bonds is 8. The lowest BCUT2D eigenvalue weighted by atomic mass is 9.91. The van der Waals surface area contributed by atoms with Gasteiger partial charge in [-0.1, -0.05) is 62.8 Å². The molecule has 8 heteroatoms. The molecule has 1 aromatic heterocycles. The van der Waals surface area contributed by atoms with Crippen LogP contribution in [0, 0.1) is 18.3 Å². The maximum absolute atomic E-state index is 12.8. The van der Waals surface area contributed by atoms with Crippen LogP contribution >= 0.6 is 11.3 Å². The van der Waals surface area contributed by atoms with E-state index in [1.807, 2.05) is 39.0 Å². The second-order valence-corrected chi connectivity index (χ2v) is 10.8. The summed E-state index contributed by atoms with van der Waals surface area (Å²) in [4.78, 5) is 17.6. The number of benzene rings is 1. The highest BCUT2D eigenvalue weighted by Gasteiger charge is 2.28. The molecule has 0 spiro atoms. The number of thiazole rings is 1. The maximum atomic E-state index is 12.8. The molecule has 3 atom stereocenters. The zero-order valence-electron chi connectivity index (χ0n) is 18.9. The smallest absolute Gasteiger partial charge is 0.259 e. The summed E-state index contributed by atoms with van der Waals surface area (Å²) in [6.07, 6.45) is 7.94. The largest absolute Gasteiger partial charge is 0.346 e. The molecule has 172 valence electrons. The van der Waals surface area contributed by atoms with E-state index in [2.05, 4.69) is 46.6 Å². The number of carbonyl (C=O) groups is 1. The van der Waals surface area contributed by atoms with Crippen LogP contribution in [0.5, 0.6) is 0 Å². The molecule has 0 aliphatic heterocycles. The van der Waals surface area contributed by atoms with Gasteiger partial charge in [0, 0.05) is 22.9 Å². The summed E-state index contributed by atoms with van der Waals surface area (Å²) in [5.74, 6) is 0.188. The molecule has 3 N–H and O–H groups in total. The fourth-order valence-corrected chi connectivity index (χ4v) is 4.75. The Morgan fingerprint density at radius 3 is 2.78 bits per heavy atom. The zero-order chi connectivity index (χ0) is 23.3. The Labute approximate surface area is 196 Å². The maximum Gasteiger partial charge on any atom is 0.259 e. The SMILES string of the molecule is Cc1cccc(Cc2csc([C@H](CC3C=CC(NS(=O)O)=CC3)NC(=O)C(C)(C)C)n2)c1. The molecule has 6 nitrogen and oxygen atoms in total. The number of nitrogens with one attached hydrogen (secondary N) is 2. The first-order chi connectivity index (χ1) is 15.1. The first-order valence-corrected chi connectivity index (χ1v) is 12.7. The summed E-state index contributed by atoms with van der Waals surface area (Å²) in [5.41, 5.74) is 3.58. The van der Waals surface area contributed by atoms with E-state index in [0.717, 1.165) is 23.5 Å². The average Bonchev–Trinajstić information content (AvgIpc) is 3.16. The number of hydrogen-bond acceptors (Lipinski definition) is 4. The minimum atomic E-state index is -2.08. The monoisotopic (exact) mass is 473 g/mol. The number of aryl methyl sites for hydroxylation is 1. The molecule has 1 heterocycles. The van der Waals surface area contributed by atoms with Crippen LogP contribution in [-0.2, 0) is 22.5 Å². The van der Waals surface area contributed by atoms with Crippen LogP contribution in [0.15, 0.2) is 53.6 Å². The lowest BCUT2D eigenvalue weighted by molar-refractivity contribution is -0.129. The lowest BCUT2D eigenvalue weighted by Crippen LogP contribution is -2.38. The molecule has 3 rings (SSSR count). The summed E-state index contributed by atoms with van der Waals surface area (Å²) in [6.45, 7) is 7.79. The van der Waals surface area contributed by atoms with Gasteiger partial charge in [0.25, 0.3) is 11.3 Å². The van der Waals surface area contributed by atoms with E-state index >= 15 is 0 Å². The number of hydrogen-bond donors (Lipinski definition) is 3. The first kappa shape index (κ1) is 24.4. The molecule has 2 unspecified atom stereocenters. The fraction of sp³-hybridized carbons (Fsp3) is 0.417. The molecule has 0 saturated heterocycles. The summed E-state index contributed by atoms with van der Waals surface area (Å²) >= 11 is -0.503. The van der Waals surface area contributed by atoms with Crippen molar-refractivity contribution in [3.8, 4) is 0 Å². The lowest BCUT2D eigenvalue weighted by Gasteiger charge is -2.26. The number of nitrogens with zero attached hydrogens (tertiary/aromatic N) is 1. The van der Waals surface area contributed by atoms with Gasteiger partial charge in [-0.3, -0.25) is 14.1 Å². The van der Waals surface area contributed by atoms with Gasteiger partial charge in [0.1, 0.15) is 5.01 Å². The molecule has 0 bridgehead atoms.